The molecule has 5 atom stereocenters. The maximum atomic E-state index is 13.1. The van der Waals surface area contributed by atoms with Crippen molar-refractivity contribution in [3.8, 4) is 28.7 Å². The van der Waals surface area contributed by atoms with E-state index in [2.05, 4.69) is 0 Å². The van der Waals surface area contributed by atoms with Gasteiger partial charge in [-0.1, -0.05) is 0 Å². The van der Waals surface area contributed by atoms with E-state index in [4.69, 9.17) is 28.4 Å². The van der Waals surface area contributed by atoms with Gasteiger partial charge in [-0.3, -0.25) is 4.79 Å². The first-order valence-electron chi connectivity index (χ1n) is 11.8. The number of phenols is 1. The molecule has 2 heterocycles. The van der Waals surface area contributed by atoms with Crippen LogP contribution in [0.1, 0.15) is 28.7 Å². The number of hydrogen-bond acceptors (Lipinski definition) is 10. The normalized spacial score (nSPS) is 24.8. The zero-order chi connectivity index (χ0) is 25.6. The molecule has 0 bridgehead atoms. The Bertz CT molecular complexity index is 1130. The van der Waals surface area contributed by atoms with Crippen molar-refractivity contribution in [3.63, 3.8) is 0 Å². The Kier molecular flexibility index (Phi) is 6.59. The van der Waals surface area contributed by atoms with Crippen molar-refractivity contribution in [1.29, 1.82) is 0 Å². The highest BCUT2D eigenvalue weighted by Crippen LogP contribution is 2.56. The average molecular weight is 502 g/mol. The Balaban J connectivity index is 1.63. The van der Waals surface area contributed by atoms with Crippen LogP contribution in [0.25, 0.3) is 0 Å². The highest BCUT2D eigenvalue weighted by molar-refractivity contribution is 5.79. The van der Waals surface area contributed by atoms with Crippen LogP contribution in [-0.4, -0.2) is 82.1 Å². The average Bonchev–Trinajstić information content (AvgIpc) is 3.46. The van der Waals surface area contributed by atoms with Gasteiger partial charge in [0.05, 0.1) is 45.6 Å². The van der Waals surface area contributed by atoms with Crippen molar-refractivity contribution in [2.75, 3.05) is 54.9 Å². The number of phenolic OH excluding ortho intramolecular Hbond substituents is 1. The summed E-state index contributed by atoms with van der Waals surface area (Å²) >= 11 is 0. The van der Waals surface area contributed by atoms with E-state index in [-0.39, 0.29) is 49.1 Å². The molecule has 0 radical (unpaired) electrons. The molecule has 3 aliphatic rings. The van der Waals surface area contributed by atoms with Crippen LogP contribution < -0.4 is 18.9 Å². The predicted octanol–water partition coefficient (Wildman–Crippen LogP) is 2.05. The molecule has 10 nitrogen and oxygen atoms in total. The Morgan fingerprint density at radius 1 is 1.03 bits per heavy atom. The highest BCUT2D eigenvalue weighted by atomic mass is 16.7. The quantitative estimate of drug-likeness (QED) is 0.521. The van der Waals surface area contributed by atoms with Crippen molar-refractivity contribution in [2.45, 2.75) is 18.1 Å². The molecule has 0 spiro atoms. The van der Waals surface area contributed by atoms with Gasteiger partial charge in [0.15, 0.2) is 23.0 Å². The number of carbonyl (C=O) groups excluding carboxylic acids is 1. The second-order valence-corrected chi connectivity index (χ2v) is 9.58. The molecule has 0 saturated carbocycles. The number of likely N-dealkylation sites (N-methyl/N-ethyl adjacent to an activating group) is 1. The number of carbonyl (C=O) groups is 1. The third kappa shape index (κ3) is 4.19. The monoisotopic (exact) mass is 501 g/mol. The fourth-order valence-electron chi connectivity index (χ4n) is 5.51. The van der Waals surface area contributed by atoms with E-state index in [1.165, 1.54) is 14.2 Å². The zero-order valence-corrected chi connectivity index (χ0v) is 20.7. The first kappa shape index (κ1) is 24.5. The topological polar surface area (TPSA) is 116 Å². The van der Waals surface area contributed by atoms with Crippen LogP contribution in [-0.2, 0) is 14.3 Å². The number of fused-ring (bicyclic) bond motifs is 3. The summed E-state index contributed by atoms with van der Waals surface area (Å²) in [7, 11) is 6.68. The molecule has 36 heavy (non-hydrogen) atoms. The lowest BCUT2D eigenvalue weighted by Gasteiger charge is -2.39. The van der Waals surface area contributed by atoms with E-state index in [9.17, 15) is 15.0 Å². The van der Waals surface area contributed by atoms with Crippen LogP contribution in [0.5, 0.6) is 28.7 Å². The lowest BCUT2D eigenvalue weighted by molar-refractivity contribution is -0.141. The number of nitrogens with zero attached hydrogens (tertiary/aromatic N) is 1. The van der Waals surface area contributed by atoms with E-state index in [1.54, 1.807) is 12.1 Å². The smallest absolute Gasteiger partial charge is 0.310 e. The minimum atomic E-state index is -0.697. The van der Waals surface area contributed by atoms with Gasteiger partial charge in [-0.15, -0.1) is 0 Å². The zero-order valence-electron chi connectivity index (χ0n) is 20.7. The van der Waals surface area contributed by atoms with Gasteiger partial charge in [0.2, 0.25) is 12.5 Å². The van der Waals surface area contributed by atoms with Crippen molar-refractivity contribution >= 4 is 5.97 Å². The van der Waals surface area contributed by atoms with Gasteiger partial charge >= 0.3 is 5.97 Å². The van der Waals surface area contributed by atoms with E-state index in [1.807, 2.05) is 31.1 Å². The minimum absolute atomic E-state index is 0.0969. The van der Waals surface area contributed by atoms with Gasteiger partial charge in [0, 0.05) is 18.4 Å². The van der Waals surface area contributed by atoms with Crippen LogP contribution in [0.3, 0.4) is 0 Å². The molecule has 2 aromatic rings. The second-order valence-electron chi connectivity index (χ2n) is 9.58. The van der Waals surface area contributed by atoms with Crippen LogP contribution in [0.4, 0.5) is 0 Å². The molecular weight excluding hydrogens is 470 g/mol. The Morgan fingerprint density at radius 3 is 2.28 bits per heavy atom. The predicted molar refractivity (Wildman–Crippen MR) is 127 cm³/mol. The molecule has 0 aromatic heterocycles. The minimum Gasteiger partial charge on any atom is -0.502 e. The van der Waals surface area contributed by atoms with E-state index in [0.717, 1.165) is 16.7 Å². The van der Waals surface area contributed by atoms with E-state index >= 15 is 0 Å². The number of benzene rings is 2. The molecule has 2 aromatic carbocycles. The fourth-order valence-corrected chi connectivity index (χ4v) is 5.51. The van der Waals surface area contributed by atoms with Crippen LogP contribution >= 0.6 is 0 Å². The van der Waals surface area contributed by atoms with Crippen molar-refractivity contribution < 1.29 is 43.4 Å². The van der Waals surface area contributed by atoms with Crippen molar-refractivity contribution in [1.82, 2.24) is 4.90 Å². The molecular formula is C26H31NO9. The molecule has 1 unspecified atom stereocenters. The SMILES string of the molecule is COc1cc([C@@H]2c3cc4c(cc3[C@@H](OCC(O)CN(C)C)[C@H]3COC(=O)[C@H]23)OCO4)cc(OC)c1O. The summed E-state index contributed by atoms with van der Waals surface area (Å²) in [5.41, 5.74) is 2.38. The first-order valence-corrected chi connectivity index (χ1v) is 11.8. The summed E-state index contributed by atoms with van der Waals surface area (Å²) < 4.78 is 33.9. The van der Waals surface area contributed by atoms with Crippen LogP contribution in [0.2, 0.25) is 0 Å². The molecule has 0 amide bonds. The lowest BCUT2D eigenvalue weighted by atomic mass is 9.66. The number of aliphatic hydroxyl groups excluding tert-OH is 1. The standard InChI is InChI=1S/C26H31NO9/c1-27(2)9-14(28)10-33-25-16-8-19-18(35-12-36-19)7-15(16)22(23-17(25)11-34-26(23)30)13-5-20(31-3)24(29)21(6-13)32-4/h5-8,14,17,22-23,25,28-29H,9-12H2,1-4H3/t14?,17-,22+,23-,25+/m0/s1. The number of ether oxygens (including phenoxy) is 6. The summed E-state index contributed by atoms with van der Waals surface area (Å²) in [5, 5.41) is 20.9. The van der Waals surface area contributed by atoms with Crippen molar-refractivity contribution in [3.05, 3.63) is 41.0 Å². The van der Waals surface area contributed by atoms with Gasteiger partial charge in [-0.25, -0.2) is 0 Å². The number of methoxy groups -OCH3 is 2. The molecule has 2 N–H and O–H groups in total. The summed E-state index contributed by atoms with van der Waals surface area (Å²) in [4.78, 5) is 15.0. The summed E-state index contributed by atoms with van der Waals surface area (Å²) in [6.07, 6.45) is -1.20. The maximum absolute atomic E-state index is 13.1. The third-order valence-corrected chi connectivity index (χ3v) is 7.02. The summed E-state index contributed by atoms with van der Waals surface area (Å²) in [6, 6.07) is 7.19. The number of aliphatic hydroxyl groups is 1. The van der Waals surface area contributed by atoms with Crippen molar-refractivity contribution in [2.24, 2.45) is 11.8 Å². The largest absolute Gasteiger partial charge is 0.502 e. The van der Waals surface area contributed by atoms with Gasteiger partial charge in [0.25, 0.3) is 0 Å². The molecule has 1 fully saturated rings. The molecule has 1 aliphatic carbocycles. The van der Waals surface area contributed by atoms with Gasteiger partial charge in [0.1, 0.15) is 0 Å². The number of rotatable bonds is 8. The Morgan fingerprint density at radius 2 is 1.67 bits per heavy atom. The van der Waals surface area contributed by atoms with Gasteiger partial charge in [-0.05, 0) is 55.1 Å². The fraction of sp³-hybridized carbons (Fsp3) is 0.500. The lowest BCUT2D eigenvalue weighted by Crippen LogP contribution is -2.37. The number of aromatic hydroxyl groups is 1. The highest BCUT2D eigenvalue weighted by Gasteiger charge is 2.53. The summed E-state index contributed by atoms with van der Waals surface area (Å²) in [5.74, 6) is -0.106. The molecule has 10 heteroatoms. The Hall–Kier alpha value is -3.21. The molecule has 1 saturated heterocycles. The number of esters is 1. The Labute approximate surface area is 209 Å². The van der Waals surface area contributed by atoms with Gasteiger partial charge in [-0.2, -0.15) is 0 Å². The van der Waals surface area contributed by atoms with E-state index in [0.29, 0.717) is 18.0 Å². The van der Waals surface area contributed by atoms with Gasteiger partial charge < -0.3 is 43.5 Å². The maximum Gasteiger partial charge on any atom is 0.310 e. The first-order chi connectivity index (χ1) is 17.3. The number of hydrogen-bond donors (Lipinski definition) is 2. The number of cyclic esters (lactones) is 1. The van der Waals surface area contributed by atoms with Crippen LogP contribution in [0, 0.1) is 11.8 Å². The molecule has 2 aliphatic heterocycles. The third-order valence-electron chi connectivity index (χ3n) is 7.02. The van der Waals surface area contributed by atoms with Crippen LogP contribution in [0.15, 0.2) is 24.3 Å². The second kappa shape index (κ2) is 9.68. The molecule has 5 rings (SSSR count). The van der Waals surface area contributed by atoms with E-state index < -0.39 is 24.0 Å². The summed E-state index contributed by atoms with van der Waals surface area (Å²) in [6.45, 7) is 0.833. The molecule has 194 valence electrons.